The second-order valence-corrected chi connectivity index (χ2v) is 7.62. The van der Waals surface area contributed by atoms with Gasteiger partial charge in [-0.2, -0.15) is 5.10 Å². The van der Waals surface area contributed by atoms with Crippen LogP contribution in [0.4, 0.5) is 0 Å². The third-order valence-corrected chi connectivity index (χ3v) is 6.08. The van der Waals surface area contributed by atoms with E-state index in [0.29, 0.717) is 12.2 Å². The lowest BCUT2D eigenvalue weighted by atomic mass is 10.1. The Bertz CT molecular complexity index is 1090. The molecule has 130 valence electrons. The van der Waals surface area contributed by atoms with Crippen molar-refractivity contribution < 1.29 is 4.79 Å². The molecule has 26 heavy (non-hydrogen) atoms. The third kappa shape index (κ3) is 2.22. The van der Waals surface area contributed by atoms with Gasteiger partial charge in [-0.3, -0.25) is 9.89 Å². The van der Waals surface area contributed by atoms with E-state index >= 15 is 0 Å². The molecule has 2 N–H and O–H groups in total. The summed E-state index contributed by atoms with van der Waals surface area (Å²) >= 11 is 1.69. The summed E-state index contributed by atoms with van der Waals surface area (Å²) in [4.78, 5) is 19.4. The molecule has 0 spiro atoms. The van der Waals surface area contributed by atoms with Gasteiger partial charge in [0.1, 0.15) is 0 Å². The van der Waals surface area contributed by atoms with Crippen molar-refractivity contribution in [3.8, 4) is 0 Å². The number of hydrogen-bond acceptors (Lipinski definition) is 3. The largest absolute Gasteiger partial charge is 0.361 e. The first-order chi connectivity index (χ1) is 12.7. The lowest BCUT2D eigenvalue weighted by Gasteiger charge is -2.25. The highest BCUT2D eigenvalue weighted by Gasteiger charge is 2.41. The number of amides is 1. The molecule has 1 aliphatic heterocycles. The molecule has 1 amide bonds. The van der Waals surface area contributed by atoms with Crippen molar-refractivity contribution >= 4 is 28.1 Å². The fourth-order valence-corrected chi connectivity index (χ4v) is 4.74. The Morgan fingerprint density at radius 1 is 1.23 bits per heavy atom. The molecular formula is C20H18N4OS. The van der Waals surface area contributed by atoms with Crippen LogP contribution in [-0.4, -0.2) is 32.5 Å². The van der Waals surface area contributed by atoms with Crippen LogP contribution in [0.25, 0.3) is 10.9 Å². The molecule has 1 aromatic carbocycles. The Kier molecular flexibility index (Phi) is 3.46. The number of benzene rings is 1. The quantitative estimate of drug-likeness (QED) is 0.575. The van der Waals surface area contributed by atoms with Crippen LogP contribution in [0.2, 0.25) is 0 Å². The molecule has 0 saturated carbocycles. The molecule has 1 aliphatic rings. The topological polar surface area (TPSA) is 64.8 Å². The number of H-pyrrole nitrogens is 2. The Balaban J connectivity index is 1.48. The molecule has 5 nitrogen and oxygen atoms in total. The lowest BCUT2D eigenvalue weighted by molar-refractivity contribution is 0.0747. The smallest absolute Gasteiger partial charge is 0.275 e. The number of aryl methyl sites for hydroxylation is 1. The number of para-hydroxylation sites is 1. The van der Waals surface area contributed by atoms with Crippen LogP contribution in [0.1, 0.15) is 38.2 Å². The van der Waals surface area contributed by atoms with Crippen molar-refractivity contribution in [3.63, 3.8) is 0 Å². The SMILES string of the molecule is Cc1[nH]nc2c1C(c1cccs1)N(CCc1c[nH]c3ccccc13)C2=O. The lowest BCUT2D eigenvalue weighted by Crippen LogP contribution is -2.31. The van der Waals surface area contributed by atoms with E-state index in [1.165, 1.54) is 15.8 Å². The van der Waals surface area contributed by atoms with E-state index < -0.39 is 0 Å². The van der Waals surface area contributed by atoms with E-state index in [2.05, 4.69) is 45.0 Å². The Hall–Kier alpha value is -2.86. The number of hydrogen-bond donors (Lipinski definition) is 2. The zero-order valence-corrected chi connectivity index (χ0v) is 15.1. The van der Waals surface area contributed by atoms with Gasteiger partial charge < -0.3 is 9.88 Å². The van der Waals surface area contributed by atoms with Gasteiger partial charge in [-0.15, -0.1) is 11.3 Å². The fourth-order valence-electron chi connectivity index (χ4n) is 3.90. The Morgan fingerprint density at radius 2 is 2.12 bits per heavy atom. The first-order valence-electron chi connectivity index (χ1n) is 8.68. The van der Waals surface area contributed by atoms with Crippen molar-refractivity contribution in [2.45, 2.75) is 19.4 Å². The zero-order chi connectivity index (χ0) is 17.7. The summed E-state index contributed by atoms with van der Waals surface area (Å²) in [6.45, 7) is 2.65. The van der Waals surface area contributed by atoms with Crippen LogP contribution in [0, 0.1) is 6.92 Å². The van der Waals surface area contributed by atoms with Gasteiger partial charge in [0.05, 0.1) is 6.04 Å². The maximum Gasteiger partial charge on any atom is 0.275 e. The van der Waals surface area contributed by atoms with Crippen molar-refractivity contribution in [3.05, 3.63) is 75.4 Å². The van der Waals surface area contributed by atoms with Crippen LogP contribution in [0.3, 0.4) is 0 Å². The van der Waals surface area contributed by atoms with Crippen LogP contribution in [-0.2, 0) is 6.42 Å². The highest BCUT2D eigenvalue weighted by atomic mass is 32.1. The number of nitrogens with one attached hydrogen (secondary N) is 2. The van der Waals surface area contributed by atoms with Gasteiger partial charge in [0.15, 0.2) is 5.69 Å². The fraction of sp³-hybridized carbons (Fsp3) is 0.200. The molecule has 6 heteroatoms. The molecule has 0 radical (unpaired) electrons. The zero-order valence-electron chi connectivity index (χ0n) is 14.3. The van der Waals surface area contributed by atoms with Gasteiger partial charge in [0.25, 0.3) is 5.91 Å². The molecule has 0 bridgehead atoms. The Labute approximate surface area is 154 Å². The van der Waals surface area contributed by atoms with Crippen LogP contribution < -0.4 is 0 Å². The predicted octanol–water partition coefficient (Wildman–Crippen LogP) is 4.05. The molecule has 0 fully saturated rings. The van der Waals surface area contributed by atoms with Gasteiger partial charge in [-0.1, -0.05) is 24.3 Å². The summed E-state index contributed by atoms with van der Waals surface area (Å²) in [6, 6.07) is 12.4. The molecule has 1 atom stereocenters. The number of aromatic amines is 2. The minimum atomic E-state index is -0.0403. The first kappa shape index (κ1) is 15.4. The second kappa shape index (κ2) is 5.85. The second-order valence-electron chi connectivity index (χ2n) is 6.64. The average Bonchev–Trinajstić information content (AvgIpc) is 3.41. The molecule has 0 saturated heterocycles. The maximum atomic E-state index is 13.0. The van der Waals surface area contributed by atoms with Crippen molar-refractivity contribution in [1.29, 1.82) is 0 Å². The average molecular weight is 362 g/mol. The van der Waals surface area contributed by atoms with Crippen molar-refractivity contribution in [2.75, 3.05) is 6.54 Å². The summed E-state index contributed by atoms with van der Waals surface area (Å²) < 4.78 is 0. The minimum Gasteiger partial charge on any atom is -0.361 e. The maximum absolute atomic E-state index is 13.0. The predicted molar refractivity (Wildman–Crippen MR) is 103 cm³/mol. The standard InChI is InChI=1S/C20H18N4OS/c1-12-17-18(23-22-12)20(25)24(19(17)16-7-4-10-26-16)9-8-13-11-21-15-6-3-2-5-14(13)15/h2-7,10-11,19,21H,8-9H2,1H3,(H,22,23). The number of carbonyl (C=O) groups excluding carboxylic acids is 1. The van der Waals surface area contributed by atoms with Crippen molar-refractivity contribution in [1.82, 2.24) is 20.1 Å². The monoisotopic (exact) mass is 362 g/mol. The van der Waals surface area contributed by atoms with Gasteiger partial charge in [-0.25, -0.2) is 0 Å². The highest BCUT2D eigenvalue weighted by Crippen LogP contribution is 2.41. The van der Waals surface area contributed by atoms with Crippen LogP contribution in [0.15, 0.2) is 48.0 Å². The normalized spacial score (nSPS) is 16.6. The Morgan fingerprint density at radius 3 is 2.96 bits per heavy atom. The van der Waals surface area contributed by atoms with Gasteiger partial charge in [0, 0.05) is 39.8 Å². The number of fused-ring (bicyclic) bond motifs is 2. The summed E-state index contributed by atoms with van der Waals surface area (Å²) in [7, 11) is 0. The minimum absolute atomic E-state index is 0.0163. The van der Waals surface area contributed by atoms with E-state index in [1.54, 1.807) is 11.3 Å². The highest BCUT2D eigenvalue weighted by molar-refractivity contribution is 7.10. The number of rotatable bonds is 4. The molecule has 3 aromatic heterocycles. The third-order valence-electron chi connectivity index (χ3n) is 5.15. The number of nitrogens with zero attached hydrogens (tertiary/aromatic N) is 2. The van der Waals surface area contributed by atoms with E-state index in [0.717, 1.165) is 23.2 Å². The molecule has 0 aliphatic carbocycles. The number of carbonyl (C=O) groups is 1. The summed E-state index contributed by atoms with van der Waals surface area (Å²) in [5.74, 6) is 0.0163. The number of aromatic nitrogens is 3. The van der Waals surface area contributed by atoms with Gasteiger partial charge in [-0.05, 0) is 36.4 Å². The van der Waals surface area contributed by atoms with Crippen LogP contribution >= 0.6 is 11.3 Å². The molecular weight excluding hydrogens is 344 g/mol. The van der Waals surface area contributed by atoms with Crippen molar-refractivity contribution in [2.24, 2.45) is 0 Å². The molecule has 4 heterocycles. The molecule has 4 aromatic rings. The van der Waals surface area contributed by atoms with Gasteiger partial charge in [0.2, 0.25) is 0 Å². The number of thiophene rings is 1. The van der Waals surface area contributed by atoms with E-state index in [9.17, 15) is 4.79 Å². The molecule has 5 rings (SSSR count). The summed E-state index contributed by atoms with van der Waals surface area (Å²) in [5, 5.41) is 10.5. The van der Waals surface area contributed by atoms with E-state index in [1.807, 2.05) is 30.0 Å². The summed E-state index contributed by atoms with van der Waals surface area (Å²) in [5.41, 5.74) is 4.94. The molecule has 1 unspecified atom stereocenters. The summed E-state index contributed by atoms with van der Waals surface area (Å²) in [6.07, 6.45) is 2.86. The van der Waals surface area contributed by atoms with Crippen LogP contribution in [0.5, 0.6) is 0 Å². The van der Waals surface area contributed by atoms with E-state index in [-0.39, 0.29) is 11.9 Å². The van der Waals surface area contributed by atoms with E-state index in [4.69, 9.17) is 0 Å². The first-order valence-corrected chi connectivity index (χ1v) is 9.56. The van der Waals surface area contributed by atoms with Gasteiger partial charge >= 0.3 is 0 Å².